The van der Waals surface area contributed by atoms with Gasteiger partial charge in [0.05, 0.1) is 13.2 Å². The van der Waals surface area contributed by atoms with Crippen molar-refractivity contribution in [3.63, 3.8) is 0 Å². The van der Waals surface area contributed by atoms with Crippen molar-refractivity contribution in [3.8, 4) is 0 Å². The lowest BCUT2D eigenvalue weighted by atomic mass is 9.98. The van der Waals surface area contributed by atoms with E-state index >= 15 is 0 Å². The van der Waals surface area contributed by atoms with Gasteiger partial charge in [-0.2, -0.15) is 0 Å². The molecule has 1 heterocycles. The van der Waals surface area contributed by atoms with E-state index in [1.165, 1.54) is 6.42 Å². The van der Waals surface area contributed by atoms with Crippen molar-refractivity contribution >= 4 is 5.91 Å². The molecule has 0 bridgehead atoms. The second-order valence-corrected chi connectivity index (χ2v) is 4.45. The topological polar surface area (TPSA) is 50.8 Å². The van der Waals surface area contributed by atoms with Crippen LogP contribution in [0.3, 0.4) is 0 Å². The fourth-order valence-corrected chi connectivity index (χ4v) is 2.14. The summed E-state index contributed by atoms with van der Waals surface area (Å²) >= 11 is 0. The van der Waals surface area contributed by atoms with Gasteiger partial charge in [-0.15, -0.1) is 0 Å². The van der Waals surface area contributed by atoms with Crippen molar-refractivity contribution < 1.29 is 14.3 Å². The molecule has 5 nitrogen and oxygen atoms in total. The van der Waals surface area contributed by atoms with Crippen LogP contribution in [0, 0.1) is 5.92 Å². The Hall–Kier alpha value is -0.650. The molecule has 0 aromatic heterocycles. The molecule has 0 aliphatic carbocycles. The maximum Gasteiger partial charge on any atom is 0.248 e. The Morgan fingerprint density at radius 1 is 1.47 bits per heavy atom. The molecule has 100 valence electrons. The lowest BCUT2D eigenvalue weighted by Crippen LogP contribution is -2.44. The summed E-state index contributed by atoms with van der Waals surface area (Å²) in [5.41, 5.74) is 0. The first-order valence-electron chi connectivity index (χ1n) is 6.27. The molecule has 1 N–H and O–H groups in total. The molecular weight excluding hydrogens is 220 g/mol. The molecule has 0 aromatic carbocycles. The largest absolute Gasteiger partial charge is 0.382 e. The van der Waals surface area contributed by atoms with Crippen LogP contribution in [0.5, 0.6) is 0 Å². The van der Waals surface area contributed by atoms with Crippen LogP contribution in [-0.4, -0.2) is 64.4 Å². The predicted octanol–water partition coefficient (Wildman–Crippen LogP) is 0.107. The average Bonchev–Trinajstić information content (AvgIpc) is 2.35. The van der Waals surface area contributed by atoms with Crippen molar-refractivity contribution in [1.29, 1.82) is 0 Å². The lowest BCUT2D eigenvalue weighted by Gasteiger charge is -2.32. The Balaban J connectivity index is 2.21. The first kappa shape index (κ1) is 14.4. The van der Waals surface area contributed by atoms with Gasteiger partial charge in [-0.25, -0.2) is 0 Å². The van der Waals surface area contributed by atoms with E-state index in [4.69, 9.17) is 9.47 Å². The Bertz CT molecular complexity index is 222. The third kappa shape index (κ3) is 5.48. The van der Waals surface area contributed by atoms with Crippen molar-refractivity contribution in [3.05, 3.63) is 0 Å². The number of carbonyl (C=O) groups is 1. The molecule has 1 atom stereocenters. The Morgan fingerprint density at radius 3 is 3.00 bits per heavy atom. The Labute approximate surface area is 103 Å². The molecule has 5 heteroatoms. The summed E-state index contributed by atoms with van der Waals surface area (Å²) in [5.74, 6) is 0.679. The van der Waals surface area contributed by atoms with Crippen molar-refractivity contribution in [2.45, 2.75) is 12.8 Å². The van der Waals surface area contributed by atoms with Crippen molar-refractivity contribution in [2.24, 2.45) is 5.92 Å². The fraction of sp³-hybridized carbons (Fsp3) is 0.917. The first-order chi connectivity index (χ1) is 8.27. The molecule has 1 aliphatic heterocycles. The molecule has 0 saturated carbocycles. The number of ether oxygens (including phenoxy) is 2. The molecule has 0 spiro atoms. The van der Waals surface area contributed by atoms with Gasteiger partial charge in [0.25, 0.3) is 0 Å². The van der Waals surface area contributed by atoms with Crippen molar-refractivity contribution in [1.82, 2.24) is 10.2 Å². The van der Waals surface area contributed by atoms with Gasteiger partial charge >= 0.3 is 0 Å². The van der Waals surface area contributed by atoms with Crippen LogP contribution < -0.4 is 5.32 Å². The third-order valence-corrected chi connectivity index (χ3v) is 3.02. The van der Waals surface area contributed by atoms with E-state index in [0.29, 0.717) is 19.1 Å². The minimum atomic E-state index is 0.0990. The lowest BCUT2D eigenvalue weighted by molar-refractivity contribution is -0.138. The average molecular weight is 244 g/mol. The maximum absolute atomic E-state index is 11.9. The number of hydrogen-bond acceptors (Lipinski definition) is 4. The Kier molecular flexibility index (Phi) is 7.16. The van der Waals surface area contributed by atoms with E-state index in [-0.39, 0.29) is 12.5 Å². The number of piperidine rings is 1. The monoisotopic (exact) mass is 244 g/mol. The highest BCUT2D eigenvalue weighted by atomic mass is 16.5. The zero-order chi connectivity index (χ0) is 12.5. The van der Waals surface area contributed by atoms with Gasteiger partial charge in [0.15, 0.2) is 0 Å². The third-order valence-electron chi connectivity index (χ3n) is 3.02. The molecular formula is C12H24N2O3. The number of rotatable bonds is 7. The number of nitrogens with zero attached hydrogens (tertiary/aromatic N) is 1. The zero-order valence-electron chi connectivity index (χ0n) is 10.9. The summed E-state index contributed by atoms with van der Waals surface area (Å²) in [5, 5.41) is 3.17. The number of amides is 1. The first-order valence-corrected chi connectivity index (χ1v) is 6.27. The molecule has 0 radical (unpaired) electrons. The molecule has 1 fully saturated rings. The standard InChI is InChI=1S/C12H24N2O3/c1-13-8-11-4-3-5-14(9-11)12(15)10-17-7-6-16-2/h11,13H,3-10H2,1-2H3. The van der Waals surface area contributed by atoms with Crippen LogP contribution in [-0.2, 0) is 14.3 Å². The number of carbonyl (C=O) groups excluding carboxylic acids is 1. The molecule has 1 rings (SSSR count). The summed E-state index contributed by atoms with van der Waals surface area (Å²) < 4.78 is 10.1. The maximum atomic E-state index is 11.9. The molecule has 0 aromatic rings. The minimum absolute atomic E-state index is 0.0990. The molecule has 1 unspecified atom stereocenters. The highest BCUT2D eigenvalue weighted by molar-refractivity contribution is 5.77. The van der Waals surface area contributed by atoms with E-state index in [2.05, 4.69) is 5.32 Å². The summed E-state index contributed by atoms with van der Waals surface area (Å²) in [6.45, 7) is 3.90. The van der Waals surface area contributed by atoms with Gasteiger partial charge in [-0.3, -0.25) is 4.79 Å². The number of nitrogens with one attached hydrogen (secondary N) is 1. The number of methoxy groups -OCH3 is 1. The highest BCUT2D eigenvalue weighted by Crippen LogP contribution is 2.15. The van der Waals surface area contributed by atoms with Crippen LogP contribution >= 0.6 is 0 Å². The summed E-state index contributed by atoms with van der Waals surface area (Å²) in [7, 11) is 3.58. The zero-order valence-corrected chi connectivity index (χ0v) is 10.9. The van der Waals surface area contributed by atoms with Crippen molar-refractivity contribution in [2.75, 3.05) is 53.6 Å². The minimum Gasteiger partial charge on any atom is -0.382 e. The van der Waals surface area contributed by atoms with E-state index in [1.54, 1.807) is 7.11 Å². The van der Waals surface area contributed by atoms with E-state index in [0.717, 1.165) is 26.1 Å². The molecule has 17 heavy (non-hydrogen) atoms. The van der Waals surface area contributed by atoms with E-state index in [9.17, 15) is 4.79 Å². The Morgan fingerprint density at radius 2 is 2.29 bits per heavy atom. The molecule has 1 amide bonds. The smallest absolute Gasteiger partial charge is 0.248 e. The summed E-state index contributed by atoms with van der Waals surface area (Å²) in [4.78, 5) is 13.8. The molecule has 1 aliphatic rings. The fourth-order valence-electron chi connectivity index (χ4n) is 2.14. The molecule has 1 saturated heterocycles. The van der Waals surface area contributed by atoms with Crippen LogP contribution in [0.2, 0.25) is 0 Å². The summed E-state index contributed by atoms with van der Waals surface area (Å²) in [6, 6.07) is 0. The van der Waals surface area contributed by atoms with Gasteiger partial charge < -0.3 is 19.7 Å². The van der Waals surface area contributed by atoms with Crippen LogP contribution in [0.15, 0.2) is 0 Å². The highest BCUT2D eigenvalue weighted by Gasteiger charge is 2.22. The van der Waals surface area contributed by atoms with E-state index < -0.39 is 0 Å². The van der Waals surface area contributed by atoms with Gasteiger partial charge in [-0.05, 0) is 32.4 Å². The normalized spacial score (nSPS) is 20.6. The van der Waals surface area contributed by atoms with Gasteiger partial charge in [0, 0.05) is 20.2 Å². The quantitative estimate of drug-likeness (QED) is 0.646. The number of hydrogen-bond donors (Lipinski definition) is 1. The van der Waals surface area contributed by atoms with Crippen LogP contribution in [0.1, 0.15) is 12.8 Å². The van der Waals surface area contributed by atoms with Gasteiger partial charge in [0.2, 0.25) is 5.91 Å². The van der Waals surface area contributed by atoms with Gasteiger partial charge in [0.1, 0.15) is 6.61 Å². The van der Waals surface area contributed by atoms with Crippen LogP contribution in [0.4, 0.5) is 0 Å². The van der Waals surface area contributed by atoms with E-state index in [1.807, 2.05) is 11.9 Å². The van der Waals surface area contributed by atoms with Crippen LogP contribution in [0.25, 0.3) is 0 Å². The van der Waals surface area contributed by atoms with Gasteiger partial charge in [-0.1, -0.05) is 0 Å². The predicted molar refractivity (Wildman–Crippen MR) is 65.9 cm³/mol. The summed E-state index contributed by atoms with van der Waals surface area (Å²) in [6.07, 6.45) is 2.30. The second kappa shape index (κ2) is 8.44. The number of likely N-dealkylation sites (tertiary alicyclic amines) is 1. The second-order valence-electron chi connectivity index (χ2n) is 4.45. The SMILES string of the molecule is CNCC1CCCN(C(=O)COCCOC)C1.